The van der Waals surface area contributed by atoms with Crippen molar-refractivity contribution >= 4 is 37.8 Å². The lowest BCUT2D eigenvalue weighted by atomic mass is 10.3. The Kier molecular flexibility index (Phi) is 3.93. The number of sulfonamides is 2. The van der Waals surface area contributed by atoms with Gasteiger partial charge >= 0.3 is 0 Å². The van der Waals surface area contributed by atoms with Gasteiger partial charge in [-0.15, -0.1) is 4.40 Å². The second kappa shape index (κ2) is 5.80. The summed E-state index contributed by atoms with van der Waals surface area (Å²) in [7, 11) is -6.36. The van der Waals surface area contributed by atoms with Crippen molar-refractivity contribution in [3.63, 3.8) is 0 Å². The van der Waals surface area contributed by atoms with E-state index in [1.54, 1.807) is 12.1 Å². The van der Waals surface area contributed by atoms with E-state index in [0.29, 0.717) is 11.4 Å². The van der Waals surface area contributed by atoms with Crippen molar-refractivity contribution in [2.45, 2.75) is 9.79 Å². The first-order chi connectivity index (χ1) is 11.3. The maximum Gasteiger partial charge on any atom is 0.285 e. The second-order valence-corrected chi connectivity index (χ2v) is 8.13. The summed E-state index contributed by atoms with van der Waals surface area (Å²) >= 11 is 0. The molecule has 0 bridgehead atoms. The summed E-state index contributed by atoms with van der Waals surface area (Å²) < 4.78 is 59.5. The average Bonchev–Trinajstić information content (AvgIpc) is 2.55. The van der Waals surface area contributed by atoms with E-state index >= 15 is 0 Å². The van der Waals surface area contributed by atoms with E-state index in [1.807, 2.05) is 0 Å². The standard InChI is InChI=1S/C14H13N3O5S2/c1-22-11-4-2-10(3-5-11)17-23(18,19)12-6-7-13-14(8-12)24(20,21)16-9-15-13/h2-9,17H,1H3,(H,15,16). The zero-order valence-electron chi connectivity index (χ0n) is 12.4. The highest BCUT2D eigenvalue weighted by molar-refractivity contribution is 7.93. The van der Waals surface area contributed by atoms with E-state index in [4.69, 9.17) is 4.74 Å². The maximum absolute atomic E-state index is 12.5. The van der Waals surface area contributed by atoms with Gasteiger partial charge < -0.3 is 10.1 Å². The van der Waals surface area contributed by atoms with Crippen molar-refractivity contribution in [1.29, 1.82) is 0 Å². The third-order valence-corrected chi connectivity index (χ3v) is 5.95. The zero-order chi connectivity index (χ0) is 17.4. The minimum atomic E-state index is -3.95. The predicted molar refractivity (Wildman–Crippen MR) is 89.5 cm³/mol. The predicted octanol–water partition coefficient (Wildman–Crippen LogP) is 1.64. The van der Waals surface area contributed by atoms with Gasteiger partial charge in [0.15, 0.2) is 0 Å². The molecule has 0 spiro atoms. The molecule has 2 N–H and O–H groups in total. The van der Waals surface area contributed by atoms with Gasteiger partial charge in [0.05, 0.1) is 17.7 Å². The number of rotatable bonds is 4. The molecule has 10 heteroatoms. The summed E-state index contributed by atoms with van der Waals surface area (Å²) in [5, 5.41) is 2.66. The molecule has 0 aliphatic carbocycles. The molecule has 0 unspecified atom stereocenters. The highest BCUT2D eigenvalue weighted by atomic mass is 32.2. The number of methoxy groups -OCH3 is 1. The van der Waals surface area contributed by atoms with Crippen LogP contribution in [-0.2, 0) is 20.0 Å². The number of fused-ring (bicyclic) bond motifs is 1. The third kappa shape index (κ3) is 3.05. The minimum absolute atomic E-state index is 0.181. The van der Waals surface area contributed by atoms with Crippen molar-refractivity contribution in [3.8, 4) is 5.75 Å². The van der Waals surface area contributed by atoms with E-state index < -0.39 is 20.0 Å². The summed E-state index contributed by atoms with van der Waals surface area (Å²) in [5.41, 5.74) is 0.598. The van der Waals surface area contributed by atoms with Gasteiger partial charge in [-0.2, -0.15) is 8.42 Å². The topological polar surface area (TPSA) is 114 Å². The van der Waals surface area contributed by atoms with E-state index in [2.05, 4.69) is 14.4 Å². The lowest BCUT2D eigenvalue weighted by Crippen LogP contribution is -2.16. The Labute approximate surface area is 139 Å². The number of nitrogens with one attached hydrogen (secondary N) is 2. The Morgan fingerprint density at radius 1 is 1.12 bits per heavy atom. The fraction of sp³-hybridized carbons (Fsp3) is 0.0714. The highest BCUT2D eigenvalue weighted by Gasteiger charge is 2.24. The van der Waals surface area contributed by atoms with Gasteiger partial charge in [0, 0.05) is 5.69 Å². The molecule has 0 radical (unpaired) electrons. The van der Waals surface area contributed by atoms with E-state index in [1.165, 1.54) is 31.4 Å². The monoisotopic (exact) mass is 367 g/mol. The van der Waals surface area contributed by atoms with Crippen LogP contribution >= 0.6 is 0 Å². The van der Waals surface area contributed by atoms with Crippen LogP contribution < -0.4 is 14.8 Å². The molecular weight excluding hydrogens is 354 g/mol. The first kappa shape index (κ1) is 16.3. The average molecular weight is 367 g/mol. The van der Waals surface area contributed by atoms with Gasteiger partial charge in [0.25, 0.3) is 20.0 Å². The van der Waals surface area contributed by atoms with Gasteiger partial charge in [0.1, 0.15) is 17.0 Å². The molecule has 0 amide bonds. The van der Waals surface area contributed by atoms with Crippen LogP contribution in [0.2, 0.25) is 0 Å². The summed E-state index contributed by atoms with van der Waals surface area (Å²) in [4.78, 5) is -0.373. The Morgan fingerprint density at radius 3 is 2.50 bits per heavy atom. The van der Waals surface area contributed by atoms with Gasteiger partial charge in [-0.25, -0.2) is 8.42 Å². The molecule has 0 saturated carbocycles. The smallest absolute Gasteiger partial charge is 0.285 e. The highest BCUT2D eigenvalue weighted by Crippen LogP contribution is 2.29. The van der Waals surface area contributed by atoms with Crippen molar-refractivity contribution in [2.24, 2.45) is 4.40 Å². The van der Waals surface area contributed by atoms with Gasteiger partial charge in [-0.1, -0.05) is 0 Å². The summed E-state index contributed by atoms with van der Waals surface area (Å²) in [6.45, 7) is 0. The Morgan fingerprint density at radius 2 is 1.83 bits per heavy atom. The number of hydrogen-bond acceptors (Lipinski definition) is 6. The van der Waals surface area contributed by atoms with Crippen LogP contribution in [0.3, 0.4) is 0 Å². The van der Waals surface area contributed by atoms with E-state index in [0.717, 1.165) is 12.4 Å². The summed E-state index contributed by atoms with van der Waals surface area (Å²) in [5.74, 6) is 0.585. The quantitative estimate of drug-likeness (QED) is 0.849. The Bertz CT molecular complexity index is 1010. The molecule has 24 heavy (non-hydrogen) atoms. The summed E-state index contributed by atoms with van der Waals surface area (Å²) in [6, 6.07) is 10.0. The number of ether oxygens (including phenoxy) is 1. The lowest BCUT2D eigenvalue weighted by molar-refractivity contribution is 0.415. The lowest BCUT2D eigenvalue weighted by Gasteiger charge is -2.14. The van der Waals surface area contributed by atoms with E-state index in [-0.39, 0.29) is 15.5 Å². The Hall–Kier alpha value is -2.59. The van der Waals surface area contributed by atoms with Crippen LogP contribution in [0.5, 0.6) is 5.75 Å². The van der Waals surface area contributed by atoms with Crippen molar-refractivity contribution in [3.05, 3.63) is 42.5 Å². The number of nitrogens with zero attached hydrogens (tertiary/aromatic N) is 1. The Balaban J connectivity index is 1.96. The molecular formula is C14H13N3O5S2. The second-order valence-electron chi connectivity index (χ2n) is 4.85. The largest absolute Gasteiger partial charge is 0.497 e. The normalized spacial score (nSPS) is 15.2. The van der Waals surface area contributed by atoms with Gasteiger partial charge in [0.2, 0.25) is 0 Å². The minimum Gasteiger partial charge on any atom is -0.497 e. The van der Waals surface area contributed by atoms with Crippen LogP contribution in [0.4, 0.5) is 11.4 Å². The summed E-state index contributed by atoms with van der Waals surface area (Å²) in [6.07, 6.45) is 1.04. The molecule has 1 aliphatic rings. The zero-order valence-corrected chi connectivity index (χ0v) is 14.1. The van der Waals surface area contributed by atoms with Crippen molar-refractivity contribution in [1.82, 2.24) is 0 Å². The molecule has 8 nitrogen and oxygen atoms in total. The number of anilines is 2. The molecule has 3 rings (SSSR count). The molecule has 126 valence electrons. The molecule has 0 saturated heterocycles. The molecule has 2 aromatic carbocycles. The van der Waals surface area contributed by atoms with Crippen LogP contribution in [-0.4, -0.2) is 30.3 Å². The molecule has 0 fully saturated rings. The van der Waals surface area contributed by atoms with Crippen LogP contribution in [0.15, 0.2) is 56.7 Å². The SMILES string of the molecule is COc1ccc(NS(=O)(=O)c2ccc3c(c2)S(=O)(=O)N=CN3)cc1. The fourth-order valence-corrected chi connectivity index (χ4v) is 4.24. The first-order valence-corrected chi connectivity index (χ1v) is 9.60. The molecule has 0 aromatic heterocycles. The molecule has 2 aromatic rings. The van der Waals surface area contributed by atoms with Crippen molar-refractivity contribution in [2.75, 3.05) is 17.1 Å². The molecule has 0 atom stereocenters. The van der Waals surface area contributed by atoms with Crippen LogP contribution in [0.1, 0.15) is 0 Å². The van der Waals surface area contributed by atoms with E-state index in [9.17, 15) is 16.8 Å². The van der Waals surface area contributed by atoms with Crippen LogP contribution in [0.25, 0.3) is 0 Å². The van der Waals surface area contributed by atoms with Gasteiger partial charge in [-0.3, -0.25) is 4.72 Å². The number of benzene rings is 2. The third-order valence-electron chi connectivity index (χ3n) is 3.30. The van der Waals surface area contributed by atoms with Gasteiger partial charge in [-0.05, 0) is 42.5 Å². The molecule has 1 aliphatic heterocycles. The number of hydrogen-bond donors (Lipinski definition) is 2. The molecule has 1 heterocycles. The van der Waals surface area contributed by atoms with Crippen LogP contribution in [0, 0.1) is 0 Å². The first-order valence-electron chi connectivity index (χ1n) is 6.68. The van der Waals surface area contributed by atoms with Crippen molar-refractivity contribution < 1.29 is 21.6 Å². The fourth-order valence-electron chi connectivity index (χ4n) is 2.10. The maximum atomic E-state index is 12.5.